The summed E-state index contributed by atoms with van der Waals surface area (Å²) >= 11 is 0. The van der Waals surface area contributed by atoms with Gasteiger partial charge < -0.3 is 29.3 Å². The van der Waals surface area contributed by atoms with E-state index in [9.17, 15) is 9.59 Å². The molecule has 0 atom stereocenters. The van der Waals surface area contributed by atoms with Gasteiger partial charge in [0.1, 0.15) is 11.9 Å². The van der Waals surface area contributed by atoms with E-state index in [0.29, 0.717) is 30.5 Å². The number of fused-ring (bicyclic) bond motifs is 1. The molecule has 1 aliphatic carbocycles. The highest BCUT2D eigenvalue weighted by Gasteiger charge is 2.26. The number of hydrogen-bond acceptors (Lipinski definition) is 9. The van der Waals surface area contributed by atoms with E-state index in [2.05, 4.69) is 20.2 Å². The van der Waals surface area contributed by atoms with E-state index in [1.807, 2.05) is 18.2 Å². The number of ether oxygens (including phenoxy) is 3. The topological polar surface area (TPSA) is 119 Å². The van der Waals surface area contributed by atoms with Crippen LogP contribution in [0.4, 0.5) is 5.82 Å². The van der Waals surface area contributed by atoms with Crippen LogP contribution < -0.4 is 19.7 Å². The molecule has 3 aromatic heterocycles. The second-order valence-corrected chi connectivity index (χ2v) is 9.98. The van der Waals surface area contributed by atoms with Crippen LogP contribution in [0, 0.1) is 0 Å². The minimum atomic E-state index is -0.181. The number of hydrogen-bond donors (Lipinski definition) is 1. The third-order valence-electron chi connectivity index (χ3n) is 7.01. The molecule has 1 N–H and O–H groups in total. The van der Waals surface area contributed by atoms with Crippen molar-refractivity contribution < 1.29 is 23.8 Å². The van der Waals surface area contributed by atoms with Crippen LogP contribution in [-0.2, 0) is 9.53 Å². The van der Waals surface area contributed by atoms with Gasteiger partial charge in [-0.2, -0.15) is 4.98 Å². The summed E-state index contributed by atoms with van der Waals surface area (Å²) in [6, 6.07) is 9.20. The number of aromatic nitrogens is 3. The van der Waals surface area contributed by atoms with Gasteiger partial charge in [-0.05, 0) is 43.9 Å². The summed E-state index contributed by atoms with van der Waals surface area (Å²) in [6.45, 7) is 2.84. The smallest absolute Gasteiger partial charge is 0.260 e. The highest BCUT2D eigenvalue weighted by atomic mass is 16.5. The van der Waals surface area contributed by atoms with Crippen molar-refractivity contribution in [1.29, 1.82) is 0 Å². The average molecular weight is 535 g/mol. The zero-order valence-corrected chi connectivity index (χ0v) is 22.3. The van der Waals surface area contributed by atoms with Crippen molar-refractivity contribution in [3.63, 3.8) is 0 Å². The van der Waals surface area contributed by atoms with Crippen molar-refractivity contribution in [1.82, 2.24) is 25.2 Å². The van der Waals surface area contributed by atoms with E-state index < -0.39 is 0 Å². The molecule has 2 amide bonds. The first-order chi connectivity index (χ1) is 19.0. The second-order valence-electron chi connectivity index (χ2n) is 9.98. The summed E-state index contributed by atoms with van der Waals surface area (Å²) < 4.78 is 17.3. The van der Waals surface area contributed by atoms with E-state index in [4.69, 9.17) is 19.2 Å². The lowest BCUT2D eigenvalue weighted by Gasteiger charge is -2.31. The molecule has 0 spiro atoms. The Hall–Kier alpha value is -3.99. The minimum Gasteiger partial charge on any atom is -0.474 e. The Morgan fingerprint density at radius 2 is 1.90 bits per heavy atom. The van der Waals surface area contributed by atoms with Crippen LogP contribution in [0.25, 0.3) is 10.9 Å². The van der Waals surface area contributed by atoms with Crippen LogP contribution in [0.15, 0.2) is 42.7 Å². The third kappa shape index (κ3) is 6.72. The number of pyridine rings is 3. The van der Waals surface area contributed by atoms with Gasteiger partial charge in [-0.3, -0.25) is 14.6 Å². The molecular weight excluding hydrogens is 500 g/mol. The van der Waals surface area contributed by atoms with Crippen LogP contribution in [0.2, 0.25) is 0 Å². The maximum Gasteiger partial charge on any atom is 0.260 e. The summed E-state index contributed by atoms with van der Waals surface area (Å²) in [5.74, 6) is 1.42. The number of likely N-dealkylation sites (N-methyl/N-ethyl adjacent to an activating group) is 1. The molecule has 0 bridgehead atoms. The Kier molecular flexibility index (Phi) is 8.36. The summed E-state index contributed by atoms with van der Waals surface area (Å²) in [7, 11) is 3.32. The first kappa shape index (κ1) is 26.6. The van der Waals surface area contributed by atoms with Crippen molar-refractivity contribution in [2.24, 2.45) is 0 Å². The molecular formula is C28H34N6O5. The fourth-order valence-corrected chi connectivity index (χ4v) is 4.69. The first-order valence-electron chi connectivity index (χ1n) is 13.3. The molecule has 39 heavy (non-hydrogen) atoms. The number of carbonyl (C=O) groups is 2. The Labute approximate surface area is 227 Å². The highest BCUT2D eigenvalue weighted by Crippen LogP contribution is 2.31. The van der Waals surface area contributed by atoms with Gasteiger partial charge in [-0.1, -0.05) is 0 Å². The molecule has 11 heteroatoms. The maximum absolute atomic E-state index is 12.8. The van der Waals surface area contributed by atoms with Gasteiger partial charge in [-0.25, -0.2) is 4.98 Å². The Morgan fingerprint density at radius 3 is 2.62 bits per heavy atom. The van der Waals surface area contributed by atoms with Crippen LogP contribution in [0.1, 0.15) is 36.0 Å². The van der Waals surface area contributed by atoms with E-state index in [1.165, 1.54) is 11.1 Å². The van der Waals surface area contributed by atoms with E-state index in [-0.39, 0.29) is 30.6 Å². The number of nitrogens with one attached hydrogen (secondary N) is 1. The van der Waals surface area contributed by atoms with Gasteiger partial charge in [0.25, 0.3) is 11.8 Å². The zero-order valence-electron chi connectivity index (χ0n) is 22.3. The Morgan fingerprint density at radius 1 is 1.10 bits per heavy atom. The molecule has 1 aliphatic heterocycles. The molecule has 0 radical (unpaired) electrons. The van der Waals surface area contributed by atoms with Crippen LogP contribution in [0.3, 0.4) is 0 Å². The maximum atomic E-state index is 12.8. The lowest BCUT2D eigenvalue weighted by Crippen LogP contribution is -2.40. The van der Waals surface area contributed by atoms with Crippen molar-refractivity contribution >= 4 is 28.5 Å². The fraction of sp³-hybridized carbons (Fsp3) is 0.464. The largest absolute Gasteiger partial charge is 0.474 e. The fourth-order valence-electron chi connectivity index (χ4n) is 4.69. The van der Waals surface area contributed by atoms with Gasteiger partial charge >= 0.3 is 0 Å². The molecule has 2 fully saturated rings. The SMILES string of the molecule is CN(C)C(=O)COc1ccc(C(=O)N[C@H]2CC[C@@H](Oc3nc(N4CCOCC4)cc4ncccc34)CC2)cn1. The summed E-state index contributed by atoms with van der Waals surface area (Å²) in [5, 5.41) is 4.00. The average Bonchev–Trinajstić information content (AvgIpc) is 2.97. The molecule has 2 aliphatic rings. The molecule has 1 saturated heterocycles. The predicted octanol–water partition coefficient (Wildman–Crippen LogP) is 2.45. The van der Waals surface area contributed by atoms with Gasteiger partial charge in [0.15, 0.2) is 6.61 Å². The molecule has 3 aromatic rings. The van der Waals surface area contributed by atoms with Crippen molar-refractivity contribution in [3.8, 4) is 11.8 Å². The summed E-state index contributed by atoms with van der Waals surface area (Å²) in [6.07, 6.45) is 6.48. The van der Waals surface area contributed by atoms with E-state index in [0.717, 1.165) is 55.5 Å². The quantitative estimate of drug-likeness (QED) is 0.465. The molecule has 11 nitrogen and oxygen atoms in total. The summed E-state index contributed by atoms with van der Waals surface area (Å²) in [5.41, 5.74) is 1.31. The molecule has 1 saturated carbocycles. The normalized spacial score (nSPS) is 19.4. The molecule has 206 valence electrons. The van der Waals surface area contributed by atoms with Gasteiger partial charge in [-0.15, -0.1) is 0 Å². The van der Waals surface area contributed by atoms with Crippen LogP contribution in [-0.4, -0.2) is 90.8 Å². The Balaban J connectivity index is 1.15. The number of rotatable bonds is 8. The zero-order chi connectivity index (χ0) is 27.2. The highest BCUT2D eigenvalue weighted by molar-refractivity contribution is 5.94. The Bertz CT molecular complexity index is 1290. The first-order valence-corrected chi connectivity index (χ1v) is 13.3. The van der Waals surface area contributed by atoms with Gasteiger partial charge in [0.2, 0.25) is 11.8 Å². The monoisotopic (exact) mass is 534 g/mol. The number of nitrogens with zero attached hydrogens (tertiary/aromatic N) is 5. The van der Waals surface area contributed by atoms with Crippen molar-refractivity contribution in [2.75, 3.05) is 51.9 Å². The number of carbonyl (C=O) groups excluding carboxylic acids is 2. The second kappa shape index (κ2) is 12.2. The van der Waals surface area contributed by atoms with E-state index >= 15 is 0 Å². The number of morpholine rings is 1. The third-order valence-corrected chi connectivity index (χ3v) is 7.01. The van der Waals surface area contributed by atoms with E-state index in [1.54, 1.807) is 32.4 Å². The molecule has 0 aromatic carbocycles. The van der Waals surface area contributed by atoms with Crippen LogP contribution >= 0.6 is 0 Å². The van der Waals surface area contributed by atoms with Gasteiger partial charge in [0, 0.05) is 57.8 Å². The van der Waals surface area contributed by atoms with Crippen LogP contribution in [0.5, 0.6) is 11.8 Å². The van der Waals surface area contributed by atoms with Gasteiger partial charge in [0.05, 0.1) is 29.7 Å². The molecule has 5 rings (SSSR count). The van der Waals surface area contributed by atoms with Crippen molar-refractivity contribution in [2.45, 2.75) is 37.8 Å². The lowest BCUT2D eigenvalue weighted by molar-refractivity contribution is -0.130. The summed E-state index contributed by atoms with van der Waals surface area (Å²) in [4.78, 5) is 41.6. The molecule has 4 heterocycles. The predicted molar refractivity (Wildman–Crippen MR) is 145 cm³/mol. The minimum absolute atomic E-state index is 0.0111. The van der Waals surface area contributed by atoms with Crippen molar-refractivity contribution in [3.05, 3.63) is 48.3 Å². The standard InChI is InChI=1S/C28H34N6O5/c1-33(2)26(35)18-38-25-10-5-19(17-30-25)27(36)31-20-6-8-21(9-7-20)39-28-22-4-3-11-29-23(22)16-24(32-28)34-12-14-37-15-13-34/h3-5,10-11,16-17,20-21H,6-9,12-15,18H2,1-2H3,(H,31,36)/t20-,21+. The lowest BCUT2D eigenvalue weighted by atomic mass is 9.92. The number of amides is 2. The number of anilines is 1. The molecule has 0 unspecified atom stereocenters.